The number of aromatic nitrogens is 2. The summed E-state index contributed by atoms with van der Waals surface area (Å²) >= 11 is 0. The zero-order chi connectivity index (χ0) is 18.3. The van der Waals surface area contributed by atoms with Crippen molar-refractivity contribution in [2.24, 2.45) is 0 Å². The van der Waals surface area contributed by atoms with Crippen LogP contribution in [0.2, 0.25) is 0 Å². The van der Waals surface area contributed by atoms with E-state index in [1.54, 1.807) is 0 Å². The topological polar surface area (TPSA) is 44.3 Å². The molecule has 1 N–H and O–H groups in total. The highest BCUT2D eigenvalue weighted by molar-refractivity contribution is 5.43. The van der Waals surface area contributed by atoms with Crippen LogP contribution in [0.5, 0.6) is 0 Å². The average Bonchev–Trinajstić information content (AvgIpc) is 2.94. The first-order chi connectivity index (χ1) is 13.4. The number of nitrogens with zero attached hydrogens (tertiary/aromatic N) is 4. The third-order valence-electron chi connectivity index (χ3n) is 6.71. The Balaban J connectivity index is 1.32. The van der Waals surface area contributed by atoms with Crippen LogP contribution in [0.15, 0.2) is 12.3 Å². The Hall–Kier alpha value is -1.36. The normalized spacial score (nSPS) is 26.4. The molecular weight excluding hydrogens is 334 g/mol. The predicted molar refractivity (Wildman–Crippen MR) is 112 cm³/mol. The highest BCUT2D eigenvalue weighted by atomic mass is 15.3. The number of hydrogen-bond donors (Lipinski definition) is 1. The van der Waals surface area contributed by atoms with E-state index in [4.69, 9.17) is 4.98 Å². The Morgan fingerprint density at radius 1 is 0.815 bits per heavy atom. The molecule has 5 nitrogen and oxygen atoms in total. The molecule has 3 fully saturated rings. The lowest BCUT2D eigenvalue weighted by Crippen LogP contribution is -2.36. The van der Waals surface area contributed by atoms with Crippen molar-refractivity contribution in [2.75, 3.05) is 36.4 Å². The van der Waals surface area contributed by atoms with Crippen LogP contribution in [0.1, 0.15) is 77.0 Å². The molecular formula is C22H37N5. The molecule has 27 heavy (non-hydrogen) atoms. The van der Waals surface area contributed by atoms with Gasteiger partial charge in [0.05, 0.1) is 0 Å². The minimum absolute atomic E-state index is 0.495. The summed E-state index contributed by atoms with van der Waals surface area (Å²) in [6, 6.07) is 3.38. The molecule has 3 heterocycles. The highest BCUT2D eigenvalue weighted by Gasteiger charge is 2.28. The molecule has 1 atom stereocenters. The summed E-state index contributed by atoms with van der Waals surface area (Å²) in [5.41, 5.74) is 0. The summed E-state index contributed by atoms with van der Waals surface area (Å²) in [4.78, 5) is 14.5. The molecule has 0 radical (unpaired) electrons. The number of rotatable bonds is 4. The lowest BCUT2D eigenvalue weighted by molar-refractivity contribution is 0.201. The summed E-state index contributed by atoms with van der Waals surface area (Å²) in [7, 11) is 0. The summed E-state index contributed by atoms with van der Waals surface area (Å²) in [5, 5.41) is 3.64. The Kier molecular flexibility index (Phi) is 6.83. The molecule has 0 aromatic carbocycles. The fourth-order valence-corrected chi connectivity index (χ4v) is 5.11. The van der Waals surface area contributed by atoms with Crippen molar-refractivity contribution in [3.63, 3.8) is 0 Å². The summed E-state index contributed by atoms with van der Waals surface area (Å²) < 4.78 is 0. The standard InChI is InChI=1S/C22H37N5/c1-2-6-10-20(11-7-3-1)27-17-13-19(18-27)24-22-23-14-12-21(25-22)26-15-8-4-5-9-16-26/h12,14,19-20H,1-11,13,15-18H2,(H,23,24,25). The van der Waals surface area contributed by atoms with Crippen molar-refractivity contribution in [2.45, 2.75) is 89.1 Å². The maximum absolute atomic E-state index is 4.85. The van der Waals surface area contributed by atoms with E-state index >= 15 is 0 Å². The van der Waals surface area contributed by atoms with Gasteiger partial charge in [-0.2, -0.15) is 4.98 Å². The minimum atomic E-state index is 0.495. The first-order valence-electron chi connectivity index (χ1n) is 11.5. The maximum atomic E-state index is 4.85. The highest BCUT2D eigenvalue weighted by Crippen LogP contribution is 2.26. The van der Waals surface area contributed by atoms with E-state index in [9.17, 15) is 0 Å². The van der Waals surface area contributed by atoms with Crippen molar-refractivity contribution < 1.29 is 0 Å². The Morgan fingerprint density at radius 2 is 1.52 bits per heavy atom. The van der Waals surface area contributed by atoms with Gasteiger partial charge in [-0.1, -0.05) is 44.9 Å². The lowest BCUT2D eigenvalue weighted by atomic mass is 9.96. The molecule has 0 amide bonds. The Morgan fingerprint density at radius 3 is 2.30 bits per heavy atom. The van der Waals surface area contributed by atoms with E-state index in [2.05, 4.69) is 26.2 Å². The van der Waals surface area contributed by atoms with Gasteiger partial charge in [-0.3, -0.25) is 4.90 Å². The van der Waals surface area contributed by atoms with Gasteiger partial charge in [-0.25, -0.2) is 4.98 Å². The molecule has 3 aliphatic rings. The second kappa shape index (κ2) is 9.72. The van der Waals surface area contributed by atoms with Gasteiger partial charge in [-0.15, -0.1) is 0 Å². The molecule has 2 saturated heterocycles. The van der Waals surface area contributed by atoms with Crippen molar-refractivity contribution in [3.05, 3.63) is 12.3 Å². The molecule has 1 aliphatic carbocycles. The van der Waals surface area contributed by atoms with Crippen molar-refractivity contribution in [1.29, 1.82) is 0 Å². The van der Waals surface area contributed by atoms with Crippen LogP contribution in [-0.2, 0) is 0 Å². The van der Waals surface area contributed by atoms with Gasteiger partial charge >= 0.3 is 0 Å². The van der Waals surface area contributed by atoms with Crippen molar-refractivity contribution >= 4 is 11.8 Å². The van der Waals surface area contributed by atoms with E-state index in [0.29, 0.717) is 6.04 Å². The molecule has 0 bridgehead atoms. The Labute approximate surface area is 164 Å². The number of nitrogens with one attached hydrogen (secondary N) is 1. The van der Waals surface area contributed by atoms with Gasteiger partial charge < -0.3 is 10.2 Å². The minimum Gasteiger partial charge on any atom is -0.356 e. The average molecular weight is 372 g/mol. The van der Waals surface area contributed by atoms with Gasteiger partial charge in [0.2, 0.25) is 5.95 Å². The van der Waals surface area contributed by atoms with Crippen LogP contribution >= 0.6 is 0 Å². The van der Waals surface area contributed by atoms with Gasteiger partial charge in [0.25, 0.3) is 0 Å². The molecule has 1 unspecified atom stereocenters. The van der Waals surface area contributed by atoms with E-state index < -0.39 is 0 Å². The smallest absolute Gasteiger partial charge is 0.224 e. The van der Waals surface area contributed by atoms with Crippen molar-refractivity contribution in [3.8, 4) is 0 Å². The van der Waals surface area contributed by atoms with E-state index in [1.165, 1.54) is 83.6 Å². The third-order valence-corrected chi connectivity index (χ3v) is 6.71. The van der Waals surface area contributed by atoms with Crippen LogP contribution in [0.3, 0.4) is 0 Å². The number of hydrogen-bond acceptors (Lipinski definition) is 5. The van der Waals surface area contributed by atoms with Crippen LogP contribution in [0.4, 0.5) is 11.8 Å². The fourth-order valence-electron chi connectivity index (χ4n) is 5.11. The number of anilines is 2. The SMILES string of the molecule is c1cc(N2CCCCCC2)nc(NC2CCN(C3CCCCCCC3)C2)n1. The van der Waals surface area contributed by atoms with Crippen LogP contribution in [0, 0.1) is 0 Å². The van der Waals surface area contributed by atoms with E-state index in [1.807, 2.05) is 6.20 Å². The van der Waals surface area contributed by atoms with Crippen LogP contribution < -0.4 is 10.2 Å². The van der Waals surface area contributed by atoms with Crippen LogP contribution in [-0.4, -0.2) is 53.1 Å². The number of likely N-dealkylation sites (tertiary alicyclic amines) is 1. The zero-order valence-corrected chi connectivity index (χ0v) is 16.9. The van der Waals surface area contributed by atoms with Gasteiger partial charge in [0.1, 0.15) is 5.82 Å². The predicted octanol–water partition coefficient (Wildman–Crippen LogP) is 4.46. The summed E-state index contributed by atoms with van der Waals surface area (Å²) in [6.07, 6.45) is 18.4. The maximum Gasteiger partial charge on any atom is 0.224 e. The second-order valence-corrected chi connectivity index (χ2v) is 8.76. The van der Waals surface area contributed by atoms with Crippen molar-refractivity contribution in [1.82, 2.24) is 14.9 Å². The van der Waals surface area contributed by atoms with E-state index in [0.717, 1.165) is 37.4 Å². The summed E-state index contributed by atoms with van der Waals surface area (Å²) in [6.45, 7) is 4.65. The summed E-state index contributed by atoms with van der Waals surface area (Å²) in [5.74, 6) is 1.92. The molecule has 2 aliphatic heterocycles. The largest absolute Gasteiger partial charge is 0.356 e. The molecule has 1 aromatic heterocycles. The quantitative estimate of drug-likeness (QED) is 0.847. The van der Waals surface area contributed by atoms with Crippen LogP contribution in [0.25, 0.3) is 0 Å². The molecule has 1 saturated carbocycles. The molecule has 4 rings (SSSR count). The molecule has 150 valence electrons. The first-order valence-corrected chi connectivity index (χ1v) is 11.5. The van der Waals surface area contributed by atoms with E-state index in [-0.39, 0.29) is 0 Å². The van der Waals surface area contributed by atoms with Gasteiger partial charge in [0, 0.05) is 44.5 Å². The molecule has 1 aromatic rings. The lowest BCUT2D eigenvalue weighted by Gasteiger charge is -2.29. The first kappa shape index (κ1) is 19.0. The van der Waals surface area contributed by atoms with Gasteiger partial charge in [0.15, 0.2) is 0 Å². The third kappa shape index (κ3) is 5.34. The fraction of sp³-hybridized carbons (Fsp3) is 0.818. The molecule has 5 heteroatoms. The monoisotopic (exact) mass is 371 g/mol. The Bertz CT molecular complexity index is 562. The molecule has 0 spiro atoms. The zero-order valence-electron chi connectivity index (χ0n) is 16.9. The van der Waals surface area contributed by atoms with Gasteiger partial charge in [-0.05, 0) is 38.2 Å². The second-order valence-electron chi connectivity index (χ2n) is 8.76.